The van der Waals surface area contributed by atoms with Crippen molar-refractivity contribution in [3.8, 4) is 5.75 Å². The van der Waals surface area contributed by atoms with Crippen LogP contribution in [-0.2, 0) is 4.79 Å². The quantitative estimate of drug-likeness (QED) is 0.828. The van der Waals surface area contributed by atoms with Gasteiger partial charge >= 0.3 is 0 Å². The van der Waals surface area contributed by atoms with E-state index < -0.39 is 0 Å². The molecule has 3 N–H and O–H groups in total. The maximum atomic E-state index is 12.0. The van der Waals surface area contributed by atoms with E-state index in [0.717, 1.165) is 15.6 Å². The molecule has 0 bridgehead atoms. The highest BCUT2D eigenvalue weighted by molar-refractivity contribution is 9.10. The Bertz CT molecular complexity index is 651. The molecular weight excluding hydrogens is 332 g/mol. The largest absolute Gasteiger partial charge is 0.483 e. The minimum absolute atomic E-state index is 0.0593. The van der Waals surface area contributed by atoms with Crippen LogP contribution in [0.3, 0.4) is 0 Å². The van der Waals surface area contributed by atoms with Gasteiger partial charge in [0.2, 0.25) is 0 Å². The lowest BCUT2D eigenvalue weighted by Crippen LogP contribution is -2.21. The van der Waals surface area contributed by atoms with Gasteiger partial charge in [0.1, 0.15) is 5.75 Å². The number of ether oxygens (including phenoxy) is 1. The Morgan fingerprint density at radius 3 is 2.67 bits per heavy atom. The monoisotopic (exact) mass is 348 g/mol. The van der Waals surface area contributed by atoms with Gasteiger partial charge < -0.3 is 15.8 Å². The Hall–Kier alpha value is -2.01. The summed E-state index contributed by atoms with van der Waals surface area (Å²) < 4.78 is 6.51. The third kappa shape index (κ3) is 3.98. The van der Waals surface area contributed by atoms with Gasteiger partial charge in [0.05, 0.1) is 11.4 Å². The van der Waals surface area contributed by atoms with Crippen LogP contribution in [0.25, 0.3) is 0 Å². The van der Waals surface area contributed by atoms with E-state index >= 15 is 0 Å². The van der Waals surface area contributed by atoms with Crippen molar-refractivity contribution in [2.45, 2.75) is 13.8 Å². The highest BCUT2D eigenvalue weighted by Gasteiger charge is 2.09. The van der Waals surface area contributed by atoms with E-state index in [-0.39, 0.29) is 12.5 Å². The molecule has 0 aliphatic carbocycles. The lowest BCUT2D eigenvalue weighted by atomic mass is 10.1. The number of hydrogen-bond acceptors (Lipinski definition) is 3. The zero-order chi connectivity index (χ0) is 15.4. The van der Waals surface area contributed by atoms with Crippen LogP contribution in [0.4, 0.5) is 11.4 Å². The minimum atomic E-state index is -0.238. The second-order valence-corrected chi connectivity index (χ2v) is 5.70. The van der Waals surface area contributed by atoms with Crippen LogP contribution in [0.1, 0.15) is 11.1 Å². The average molecular weight is 349 g/mol. The minimum Gasteiger partial charge on any atom is -0.483 e. The number of nitrogen functional groups attached to an aromatic ring is 1. The lowest BCUT2D eigenvalue weighted by Gasteiger charge is -2.12. The molecule has 0 aliphatic heterocycles. The molecule has 2 aromatic rings. The highest BCUT2D eigenvalue weighted by Crippen LogP contribution is 2.24. The van der Waals surface area contributed by atoms with E-state index in [1.54, 1.807) is 6.07 Å². The molecule has 5 heteroatoms. The van der Waals surface area contributed by atoms with E-state index in [0.29, 0.717) is 17.1 Å². The summed E-state index contributed by atoms with van der Waals surface area (Å²) in [6.45, 7) is 3.76. The van der Waals surface area contributed by atoms with Crippen molar-refractivity contribution in [3.05, 3.63) is 52.0 Å². The number of amides is 1. The number of aryl methyl sites for hydroxylation is 2. The van der Waals surface area contributed by atoms with E-state index in [2.05, 4.69) is 21.2 Å². The molecular formula is C16H17BrN2O2. The predicted molar refractivity (Wildman–Crippen MR) is 88.6 cm³/mol. The van der Waals surface area contributed by atoms with Gasteiger partial charge in [-0.25, -0.2) is 0 Å². The summed E-state index contributed by atoms with van der Waals surface area (Å²) in [7, 11) is 0. The van der Waals surface area contributed by atoms with Gasteiger partial charge in [-0.1, -0.05) is 28.1 Å². The molecule has 0 saturated heterocycles. The molecule has 0 atom stereocenters. The molecule has 21 heavy (non-hydrogen) atoms. The van der Waals surface area contributed by atoms with Crippen molar-refractivity contribution in [2.24, 2.45) is 0 Å². The Morgan fingerprint density at radius 2 is 2.00 bits per heavy atom. The SMILES string of the molecule is Cc1cc(Br)ccc1OCC(=O)Nc1c(C)cccc1N. The first kappa shape index (κ1) is 15.4. The Kier molecular flexibility index (Phi) is 4.85. The number of nitrogens with two attached hydrogens (primary N) is 1. The summed E-state index contributed by atoms with van der Waals surface area (Å²) in [6, 6.07) is 11.1. The number of carbonyl (C=O) groups excluding carboxylic acids is 1. The first-order valence-corrected chi connectivity index (χ1v) is 7.30. The Morgan fingerprint density at radius 1 is 1.24 bits per heavy atom. The van der Waals surface area contributed by atoms with Crippen molar-refractivity contribution < 1.29 is 9.53 Å². The summed E-state index contributed by atoms with van der Waals surface area (Å²) in [4.78, 5) is 12.0. The molecule has 0 heterocycles. The number of hydrogen-bond donors (Lipinski definition) is 2. The van der Waals surface area contributed by atoms with Gasteiger partial charge in [-0.05, 0) is 49.2 Å². The number of nitrogens with one attached hydrogen (secondary N) is 1. The maximum Gasteiger partial charge on any atom is 0.262 e. The summed E-state index contributed by atoms with van der Waals surface area (Å²) in [5.41, 5.74) is 8.92. The van der Waals surface area contributed by atoms with Crippen molar-refractivity contribution in [2.75, 3.05) is 17.7 Å². The summed E-state index contributed by atoms with van der Waals surface area (Å²) in [5, 5.41) is 2.78. The van der Waals surface area contributed by atoms with Crippen LogP contribution in [0.2, 0.25) is 0 Å². The first-order chi connectivity index (χ1) is 9.97. The lowest BCUT2D eigenvalue weighted by molar-refractivity contribution is -0.118. The summed E-state index contributed by atoms with van der Waals surface area (Å²) in [5.74, 6) is 0.449. The highest BCUT2D eigenvalue weighted by atomic mass is 79.9. The molecule has 2 rings (SSSR count). The Balaban J connectivity index is 1.99. The predicted octanol–water partition coefficient (Wildman–Crippen LogP) is 3.67. The average Bonchev–Trinajstić information content (AvgIpc) is 2.42. The van der Waals surface area contributed by atoms with Gasteiger partial charge in [0, 0.05) is 4.47 Å². The summed E-state index contributed by atoms with van der Waals surface area (Å²) >= 11 is 3.39. The van der Waals surface area contributed by atoms with Crippen LogP contribution in [0.5, 0.6) is 5.75 Å². The third-order valence-corrected chi connectivity index (χ3v) is 3.56. The zero-order valence-corrected chi connectivity index (χ0v) is 13.5. The second kappa shape index (κ2) is 6.63. The maximum absolute atomic E-state index is 12.0. The van der Waals surface area contributed by atoms with Crippen molar-refractivity contribution >= 4 is 33.2 Å². The smallest absolute Gasteiger partial charge is 0.262 e. The van der Waals surface area contributed by atoms with Crippen molar-refractivity contribution in [1.82, 2.24) is 0 Å². The standard InChI is InChI=1S/C16H17BrN2O2/c1-10-4-3-5-13(18)16(10)19-15(20)9-21-14-7-6-12(17)8-11(14)2/h3-8H,9,18H2,1-2H3,(H,19,20). The molecule has 1 amide bonds. The topological polar surface area (TPSA) is 64.3 Å². The van der Waals surface area contributed by atoms with E-state index in [1.165, 1.54) is 0 Å². The number of benzene rings is 2. The van der Waals surface area contributed by atoms with E-state index in [4.69, 9.17) is 10.5 Å². The molecule has 0 radical (unpaired) electrons. The number of carbonyl (C=O) groups is 1. The number of rotatable bonds is 4. The molecule has 0 fully saturated rings. The van der Waals surface area contributed by atoms with Gasteiger partial charge in [-0.3, -0.25) is 4.79 Å². The molecule has 4 nitrogen and oxygen atoms in total. The van der Waals surface area contributed by atoms with E-state index in [1.807, 2.05) is 44.2 Å². The molecule has 0 aromatic heterocycles. The van der Waals surface area contributed by atoms with E-state index in [9.17, 15) is 4.79 Å². The molecule has 0 saturated carbocycles. The first-order valence-electron chi connectivity index (χ1n) is 6.51. The fourth-order valence-electron chi connectivity index (χ4n) is 1.95. The normalized spacial score (nSPS) is 10.2. The number of halogens is 1. The van der Waals surface area contributed by atoms with Crippen molar-refractivity contribution in [1.29, 1.82) is 0 Å². The number of para-hydroxylation sites is 1. The third-order valence-electron chi connectivity index (χ3n) is 3.07. The molecule has 2 aromatic carbocycles. The van der Waals surface area contributed by atoms with Crippen LogP contribution < -0.4 is 15.8 Å². The van der Waals surface area contributed by atoms with Gasteiger partial charge in [0.15, 0.2) is 6.61 Å². The molecule has 110 valence electrons. The van der Waals surface area contributed by atoms with Gasteiger partial charge in [0.25, 0.3) is 5.91 Å². The van der Waals surface area contributed by atoms with Gasteiger partial charge in [-0.2, -0.15) is 0 Å². The summed E-state index contributed by atoms with van der Waals surface area (Å²) in [6.07, 6.45) is 0. The molecule has 0 spiro atoms. The van der Waals surface area contributed by atoms with Crippen LogP contribution in [0.15, 0.2) is 40.9 Å². The number of anilines is 2. The molecule has 0 aliphatic rings. The van der Waals surface area contributed by atoms with Crippen LogP contribution in [0, 0.1) is 13.8 Å². The Labute approximate surface area is 132 Å². The van der Waals surface area contributed by atoms with Crippen molar-refractivity contribution in [3.63, 3.8) is 0 Å². The van der Waals surface area contributed by atoms with Crippen LogP contribution in [-0.4, -0.2) is 12.5 Å². The van der Waals surface area contributed by atoms with Crippen LogP contribution >= 0.6 is 15.9 Å². The van der Waals surface area contributed by atoms with Gasteiger partial charge in [-0.15, -0.1) is 0 Å². The fourth-order valence-corrected chi connectivity index (χ4v) is 2.43. The second-order valence-electron chi connectivity index (χ2n) is 4.79. The fraction of sp³-hybridized carbons (Fsp3) is 0.188. The molecule has 0 unspecified atom stereocenters. The zero-order valence-electron chi connectivity index (χ0n) is 11.9.